The second-order valence-corrected chi connectivity index (χ2v) is 3.07. The molecule has 0 spiro atoms. The van der Waals surface area contributed by atoms with E-state index in [0.717, 1.165) is 0 Å². The van der Waals surface area contributed by atoms with Gasteiger partial charge in [0.15, 0.2) is 0 Å². The lowest BCUT2D eigenvalue weighted by Gasteiger charge is -1.99. The number of nitrogens with one attached hydrogen (secondary N) is 1. The highest BCUT2D eigenvalue weighted by molar-refractivity contribution is 6.33. The van der Waals surface area contributed by atoms with E-state index in [1.165, 1.54) is 6.08 Å². The molecule has 0 fully saturated rings. The van der Waals surface area contributed by atoms with Crippen LogP contribution >= 0.6 is 0 Å². The normalized spacial score (nSPS) is 14.5. The molecule has 0 aromatic heterocycles. The highest BCUT2D eigenvalue weighted by Gasteiger charge is 2.21. The van der Waals surface area contributed by atoms with Crippen LogP contribution < -0.4 is 5.32 Å². The maximum absolute atomic E-state index is 11.3. The number of imide groups is 1. The monoisotopic (exact) mass is 198 g/mol. The van der Waals surface area contributed by atoms with E-state index in [9.17, 15) is 9.59 Å². The first kappa shape index (κ1) is 9.16. The first-order valence-corrected chi connectivity index (χ1v) is 4.28. The standard InChI is InChI=1S/C11H6N2O2/c12-6-7-2-1-3-8(4-7)9-5-10(14)13-11(9)15/h1-5H,(H,13,14,15). The van der Waals surface area contributed by atoms with Crippen molar-refractivity contribution in [2.24, 2.45) is 0 Å². The zero-order valence-electron chi connectivity index (χ0n) is 7.65. The van der Waals surface area contributed by atoms with Gasteiger partial charge in [-0.1, -0.05) is 12.1 Å². The molecule has 1 N–H and O–H groups in total. The Labute approximate surface area is 85.8 Å². The first-order valence-electron chi connectivity index (χ1n) is 4.28. The van der Waals surface area contributed by atoms with Gasteiger partial charge in [0.05, 0.1) is 17.2 Å². The third-order valence-corrected chi connectivity index (χ3v) is 2.06. The Morgan fingerprint density at radius 3 is 2.67 bits per heavy atom. The van der Waals surface area contributed by atoms with E-state index >= 15 is 0 Å². The molecule has 1 heterocycles. The molecule has 0 saturated heterocycles. The summed E-state index contributed by atoms with van der Waals surface area (Å²) in [7, 11) is 0. The topological polar surface area (TPSA) is 70.0 Å². The van der Waals surface area contributed by atoms with Crippen LogP contribution in [0.25, 0.3) is 5.57 Å². The lowest BCUT2D eigenvalue weighted by Crippen LogP contribution is -2.21. The van der Waals surface area contributed by atoms with E-state index in [1.807, 2.05) is 6.07 Å². The summed E-state index contributed by atoms with van der Waals surface area (Å²) in [5.74, 6) is -0.840. The average molecular weight is 198 g/mol. The Morgan fingerprint density at radius 1 is 1.27 bits per heavy atom. The molecule has 1 aliphatic rings. The van der Waals surface area contributed by atoms with Crippen LogP contribution in [0.4, 0.5) is 0 Å². The molecule has 0 radical (unpaired) electrons. The van der Waals surface area contributed by atoms with E-state index in [0.29, 0.717) is 16.7 Å². The van der Waals surface area contributed by atoms with Crippen molar-refractivity contribution in [3.05, 3.63) is 41.5 Å². The molecule has 2 amide bonds. The number of rotatable bonds is 1. The maximum atomic E-state index is 11.3. The van der Waals surface area contributed by atoms with Crippen molar-refractivity contribution >= 4 is 17.4 Å². The van der Waals surface area contributed by atoms with Crippen LogP contribution in [0, 0.1) is 11.3 Å². The average Bonchev–Trinajstić information content (AvgIpc) is 2.58. The molecule has 0 atom stereocenters. The smallest absolute Gasteiger partial charge is 0.258 e. The number of nitrogens with zero attached hydrogens (tertiary/aromatic N) is 1. The summed E-state index contributed by atoms with van der Waals surface area (Å²) in [4.78, 5) is 22.2. The van der Waals surface area contributed by atoms with Crippen LogP contribution in [0.5, 0.6) is 0 Å². The van der Waals surface area contributed by atoms with Crippen molar-refractivity contribution in [1.29, 1.82) is 5.26 Å². The molecule has 4 heteroatoms. The van der Waals surface area contributed by atoms with E-state index in [-0.39, 0.29) is 0 Å². The van der Waals surface area contributed by atoms with Crippen LogP contribution in [-0.4, -0.2) is 11.8 Å². The van der Waals surface area contributed by atoms with E-state index in [1.54, 1.807) is 24.3 Å². The van der Waals surface area contributed by atoms with Crippen molar-refractivity contribution in [1.82, 2.24) is 5.32 Å². The summed E-state index contributed by atoms with van der Waals surface area (Å²) >= 11 is 0. The van der Waals surface area contributed by atoms with Gasteiger partial charge in [-0.25, -0.2) is 0 Å². The number of hydrogen-bond acceptors (Lipinski definition) is 3. The van der Waals surface area contributed by atoms with Gasteiger partial charge in [-0.05, 0) is 17.7 Å². The molecular weight excluding hydrogens is 192 g/mol. The fourth-order valence-electron chi connectivity index (χ4n) is 1.38. The van der Waals surface area contributed by atoms with E-state index in [4.69, 9.17) is 5.26 Å². The Kier molecular flexibility index (Phi) is 2.07. The van der Waals surface area contributed by atoms with Crippen LogP contribution in [0.1, 0.15) is 11.1 Å². The van der Waals surface area contributed by atoms with Crippen molar-refractivity contribution in [2.45, 2.75) is 0 Å². The Hall–Kier alpha value is -2.41. The van der Waals surface area contributed by atoms with Crippen molar-refractivity contribution in [2.75, 3.05) is 0 Å². The molecule has 72 valence electrons. The molecule has 4 nitrogen and oxygen atoms in total. The van der Waals surface area contributed by atoms with Crippen molar-refractivity contribution in [3.8, 4) is 6.07 Å². The molecule has 1 aliphatic heterocycles. The number of hydrogen-bond donors (Lipinski definition) is 1. The maximum Gasteiger partial charge on any atom is 0.258 e. The van der Waals surface area contributed by atoms with Gasteiger partial charge >= 0.3 is 0 Å². The zero-order chi connectivity index (χ0) is 10.8. The number of benzene rings is 1. The number of carbonyl (C=O) groups excluding carboxylic acids is 2. The molecule has 0 bridgehead atoms. The highest BCUT2D eigenvalue weighted by atomic mass is 16.2. The Bertz CT molecular complexity index is 524. The van der Waals surface area contributed by atoms with E-state index in [2.05, 4.69) is 5.32 Å². The molecule has 0 saturated carbocycles. The van der Waals surface area contributed by atoms with Gasteiger partial charge in [-0.3, -0.25) is 14.9 Å². The minimum atomic E-state index is -0.421. The molecule has 0 aliphatic carbocycles. The van der Waals surface area contributed by atoms with Gasteiger partial charge in [-0.2, -0.15) is 5.26 Å². The predicted octanol–water partition coefficient (Wildman–Crippen LogP) is 0.598. The minimum Gasteiger partial charge on any atom is -0.289 e. The Balaban J connectivity index is 2.47. The molecule has 1 aromatic rings. The quantitative estimate of drug-likeness (QED) is 0.671. The fourth-order valence-corrected chi connectivity index (χ4v) is 1.38. The first-order chi connectivity index (χ1) is 7.20. The molecule has 2 rings (SSSR count). The van der Waals surface area contributed by atoms with Gasteiger partial charge < -0.3 is 0 Å². The van der Waals surface area contributed by atoms with Crippen molar-refractivity contribution < 1.29 is 9.59 Å². The lowest BCUT2D eigenvalue weighted by molar-refractivity contribution is -0.123. The summed E-state index contributed by atoms with van der Waals surface area (Å²) < 4.78 is 0. The minimum absolute atomic E-state index is 0.303. The van der Waals surface area contributed by atoms with Gasteiger partial charge in [0, 0.05) is 6.08 Å². The third kappa shape index (κ3) is 1.63. The van der Waals surface area contributed by atoms with Crippen LogP contribution in [-0.2, 0) is 9.59 Å². The molecule has 1 aromatic carbocycles. The van der Waals surface area contributed by atoms with Gasteiger partial charge in [0.1, 0.15) is 0 Å². The van der Waals surface area contributed by atoms with Crippen molar-refractivity contribution in [3.63, 3.8) is 0 Å². The summed E-state index contributed by atoms with van der Waals surface area (Å²) in [6.07, 6.45) is 1.23. The summed E-state index contributed by atoms with van der Waals surface area (Å²) in [6.45, 7) is 0. The third-order valence-electron chi connectivity index (χ3n) is 2.06. The Morgan fingerprint density at radius 2 is 2.07 bits per heavy atom. The second kappa shape index (κ2) is 3.39. The number of amides is 2. The summed E-state index contributed by atoms with van der Waals surface area (Å²) in [6, 6.07) is 8.54. The molecule has 0 unspecified atom stereocenters. The predicted molar refractivity (Wildman–Crippen MR) is 52.3 cm³/mol. The van der Waals surface area contributed by atoms with Crippen LogP contribution in [0.15, 0.2) is 30.3 Å². The summed E-state index contributed by atoms with van der Waals surface area (Å²) in [5.41, 5.74) is 1.34. The van der Waals surface area contributed by atoms with Gasteiger partial charge in [0.2, 0.25) is 0 Å². The molecule has 15 heavy (non-hydrogen) atoms. The highest BCUT2D eigenvalue weighted by Crippen LogP contribution is 2.18. The van der Waals surface area contributed by atoms with Gasteiger partial charge in [-0.15, -0.1) is 0 Å². The number of nitriles is 1. The SMILES string of the molecule is N#Cc1cccc(C2=CC(=O)NC2=O)c1. The van der Waals surface area contributed by atoms with Gasteiger partial charge in [0.25, 0.3) is 11.8 Å². The van der Waals surface area contributed by atoms with Crippen LogP contribution in [0.3, 0.4) is 0 Å². The van der Waals surface area contributed by atoms with Crippen LogP contribution in [0.2, 0.25) is 0 Å². The number of carbonyl (C=O) groups is 2. The largest absolute Gasteiger partial charge is 0.289 e. The second-order valence-electron chi connectivity index (χ2n) is 3.07. The fraction of sp³-hybridized carbons (Fsp3) is 0. The molecular formula is C11H6N2O2. The summed E-state index contributed by atoms with van der Waals surface area (Å²) in [5, 5.41) is 10.8. The van der Waals surface area contributed by atoms with E-state index < -0.39 is 11.8 Å². The zero-order valence-corrected chi connectivity index (χ0v) is 7.65. The lowest BCUT2D eigenvalue weighted by atomic mass is 10.0.